The van der Waals surface area contributed by atoms with Crippen molar-refractivity contribution < 1.29 is 13.5 Å². The molecule has 1 rings (SSSR count). The van der Waals surface area contributed by atoms with Crippen molar-refractivity contribution in [3.05, 3.63) is 27.8 Å². The Balaban J connectivity index is 2.74. The summed E-state index contributed by atoms with van der Waals surface area (Å²) in [6.07, 6.45) is 0.558. The molecular weight excluding hydrogens is 365 g/mol. The van der Waals surface area contributed by atoms with Gasteiger partial charge in [-0.25, -0.2) is 13.1 Å². The molecule has 0 aliphatic carbocycles. The van der Waals surface area contributed by atoms with Crippen LogP contribution < -0.4 is 4.72 Å². The van der Waals surface area contributed by atoms with Crippen LogP contribution in [0.25, 0.3) is 0 Å². The third-order valence-electron chi connectivity index (χ3n) is 2.65. The molecule has 0 aliphatic rings. The third kappa shape index (κ3) is 4.83. The maximum Gasteiger partial charge on any atom is 0.240 e. The molecule has 2 N–H and O–H groups in total. The van der Waals surface area contributed by atoms with Gasteiger partial charge in [-0.05, 0) is 58.7 Å². The third-order valence-corrected chi connectivity index (χ3v) is 4.79. The van der Waals surface area contributed by atoms with E-state index in [1.54, 1.807) is 24.3 Å². The highest BCUT2D eigenvalue weighted by atomic mass is 127. The van der Waals surface area contributed by atoms with E-state index < -0.39 is 10.0 Å². The summed E-state index contributed by atoms with van der Waals surface area (Å²) in [6, 6.07) is 6.69. The molecule has 0 heterocycles. The van der Waals surface area contributed by atoms with Crippen LogP contribution in [0.4, 0.5) is 0 Å². The van der Waals surface area contributed by atoms with Crippen LogP contribution in [0, 0.1) is 8.99 Å². The first-order valence-electron chi connectivity index (χ1n) is 5.63. The number of nitrogens with one attached hydrogen (secondary N) is 1. The Bertz CT molecular complexity index is 483. The van der Waals surface area contributed by atoms with Gasteiger partial charge in [0.25, 0.3) is 0 Å². The lowest BCUT2D eigenvalue weighted by Gasteiger charge is -2.23. The Kier molecular flexibility index (Phi) is 5.57. The van der Waals surface area contributed by atoms with Crippen molar-refractivity contribution in [3.63, 3.8) is 0 Å². The normalized spacial score (nSPS) is 12.7. The van der Waals surface area contributed by atoms with Gasteiger partial charge >= 0.3 is 0 Å². The number of halogens is 1. The predicted molar refractivity (Wildman–Crippen MR) is 79.8 cm³/mol. The standard InChI is InChI=1S/C12H18INO3S/c1-12(2,7-8-15)9-14-18(16,17)11-5-3-10(13)4-6-11/h3-6,14-15H,7-9H2,1-2H3. The molecule has 18 heavy (non-hydrogen) atoms. The van der Waals surface area contributed by atoms with E-state index >= 15 is 0 Å². The van der Waals surface area contributed by atoms with E-state index in [0.29, 0.717) is 13.0 Å². The van der Waals surface area contributed by atoms with Crippen LogP contribution in [-0.2, 0) is 10.0 Å². The van der Waals surface area contributed by atoms with E-state index in [0.717, 1.165) is 3.57 Å². The molecule has 0 saturated carbocycles. The van der Waals surface area contributed by atoms with Crippen molar-refractivity contribution in [1.29, 1.82) is 0 Å². The Morgan fingerprint density at radius 2 is 1.83 bits per heavy atom. The van der Waals surface area contributed by atoms with E-state index in [-0.39, 0.29) is 16.9 Å². The van der Waals surface area contributed by atoms with E-state index in [2.05, 4.69) is 27.3 Å². The van der Waals surface area contributed by atoms with Gasteiger partial charge in [0.1, 0.15) is 0 Å². The first-order valence-corrected chi connectivity index (χ1v) is 8.19. The topological polar surface area (TPSA) is 66.4 Å². The maximum absolute atomic E-state index is 12.0. The Morgan fingerprint density at radius 3 is 2.33 bits per heavy atom. The molecule has 0 bridgehead atoms. The molecule has 6 heteroatoms. The van der Waals surface area contributed by atoms with Crippen molar-refractivity contribution in [1.82, 2.24) is 4.72 Å². The minimum atomic E-state index is -3.46. The number of hydrogen-bond acceptors (Lipinski definition) is 3. The van der Waals surface area contributed by atoms with Gasteiger partial charge in [0.2, 0.25) is 10.0 Å². The van der Waals surface area contributed by atoms with Crippen LogP contribution in [0.5, 0.6) is 0 Å². The fourth-order valence-corrected chi connectivity index (χ4v) is 2.98. The highest BCUT2D eigenvalue weighted by Gasteiger charge is 2.21. The average Bonchev–Trinajstić information content (AvgIpc) is 2.27. The smallest absolute Gasteiger partial charge is 0.240 e. The van der Waals surface area contributed by atoms with E-state index in [9.17, 15) is 8.42 Å². The van der Waals surface area contributed by atoms with Gasteiger partial charge < -0.3 is 5.11 Å². The number of benzene rings is 1. The summed E-state index contributed by atoms with van der Waals surface area (Å²) in [7, 11) is -3.46. The molecule has 0 aliphatic heterocycles. The van der Waals surface area contributed by atoms with Gasteiger partial charge in [0.05, 0.1) is 4.90 Å². The molecule has 0 amide bonds. The molecule has 0 unspecified atom stereocenters. The summed E-state index contributed by atoms with van der Waals surface area (Å²) in [6.45, 7) is 4.19. The number of rotatable bonds is 6. The molecule has 102 valence electrons. The number of aliphatic hydroxyl groups excluding tert-OH is 1. The lowest BCUT2D eigenvalue weighted by atomic mass is 9.90. The zero-order chi connectivity index (χ0) is 13.8. The number of hydrogen-bond donors (Lipinski definition) is 2. The molecule has 1 aromatic rings. The Hall–Kier alpha value is -0.180. The van der Waals surface area contributed by atoms with Gasteiger partial charge in [0, 0.05) is 16.7 Å². The van der Waals surface area contributed by atoms with Crippen LogP contribution >= 0.6 is 22.6 Å². The van der Waals surface area contributed by atoms with Crippen LogP contribution in [0.3, 0.4) is 0 Å². The first kappa shape index (κ1) is 15.9. The summed E-state index contributed by atoms with van der Waals surface area (Å²) in [5, 5.41) is 8.90. The lowest BCUT2D eigenvalue weighted by Crippen LogP contribution is -2.34. The monoisotopic (exact) mass is 383 g/mol. The van der Waals surface area contributed by atoms with Gasteiger partial charge in [-0.1, -0.05) is 13.8 Å². The zero-order valence-corrected chi connectivity index (χ0v) is 13.5. The fraction of sp³-hybridized carbons (Fsp3) is 0.500. The SMILES string of the molecule is CC(C)(CCO)CNS(=O)(=O)c1ccc(I)cc1. The number of sulfonamides is 1. The molecule has 0 saturated heterocycles. The van der Waals surface area contributed by atoms with Crippen molar-refractivity contribution >= 4 is 32.6 Å². The minimum absolute atomic E-state index is 0.0538. The second-order valence-corrected chi connectivity index (χ2v) is 7.93. The quantitative estimate of drug-likeness (QED) is 0.739. The van der Waals surface area contributed by atoms with Gasteiger partial charge in [-0.15, -0.1) is 0 Å². The van der Waals surface area contributed by atoms with Gasteiger partial charge in [-0.2, -0.15) is 0 Å². The van der Waals surface area contributed by atoms with Crippen LogP contribution in [0.2, 0.25) is 0 Å². The van der Waals surface area contributed by atoms with Crippen molar-refractivity contribution in [2.24, 2.45) is 5.41 Å². The zero-order valence-electron chi connectivity index (χ0n) is 10.5. The summed E-state index contributed by atoms with van der Waals surface area (Å²) in [4.78, 5) is 0.266. The van der Waals surface area contributed by atoms with E-state index in [1.807, 2.05) is 13.8 Å². The fourth-order valence-electron chi connectivity index (χ4n) is 1.38. The second kappa shape index (κ2) is 6.31. The molecule has 0 spiro atoms. The summed E-state index contributed by atoms with van der Waals surface area (Å²) >= 11 is 2.13. The van der Waals surface area contributed by atoms with E-state index in [4.69, 9.17) is 5.11 Å². The van der Waals surface area contributed by atoms with Crippen molar-refractivity contribution in [2.75, 3.05) is 13.2 Å². The summed E-state index contributed by atoms with van der Waals surface area (Å²) in [5.74, 6) is 0. The van der Waals surface area contributed by atoms with Crippen LogP contribution in [0.1, 0.15) is 20.3 Å². The Labute approximate surface area is 122 Å². The number of aliphatic hydroxyl groups is 1. The van der Waals surface area contributed by atoms with Gasteiger partial charge in [0.15, 0.2) is 0 Å². The molecular formula is C12H18INO3S. The predicted octanol–water partition coefficient (Wildman–Crippen LogP) is 1.98. The summed E-state index contributed by atoms with van der Waals surface area (Å²) < 4.78 is 27.6. The average molecular weight is 383 g/mol. The highest BCUT2D eigenvalue weighted by Crippen LogP contribution is 2.19. The maximum atomic E-state index is 12.0. The largest absolute Gasteiger partial charge is 0.396 e. The molecule has 0 atom stereocenters. The molecule has 0 fully saturated rings. The molecule has 1 aromatic carbocycles. The summed E-state index contributed by atoms with van der Waals surface area (Å²) in [5.41, 5.74) is -0.259. The molecule has 4 nitrogen and oxygen atoms in total. The van der Waals surface area contributed by atoms with Crippen LogP contribution in [-0.4, -0.2) is 26.7 Å². The Morgan fingerprint density at radius 1 is 1.28 bits per heavy atom. The van der Waals surface area contributed by atoms with Crippen molar-refractivity contribution in [3.8, 4) is 0 Å². The van der Waals surface area contributed by atoms with Crippen molar-refractivity contribution in [2.45, 2.75) is 25.2 Å². The second-order valence-electron chi connectivity index (χ2n) is 4.92. The lowest BCUT2D eigenvalue weighted by molar-refractivity contribution is 0.213. The van der Waals surface area contributed by atoms with E-state index in [1.165, 1.54) is 0 Å². The minimum Gasteiger partial charge on any atom is -0.396 e. The van der Waals surface area contributed by atoms with Gasteiger partial charge in [-0.3, -0.25) is 0 Å². The first-order chi connectivity index (χ1) is 8.27. The molecule has 0 radical (unpaired) electrons. The molecule has 0 aromatic heterocycles. The highest BCUT2D eigenvalue weighted by molar-refractivity contribution is 14.1. The van der Waals surface area contributed by atoms with Crippen LogP contribution in [0.15, 0.2) is 29.2 Å².